The lowest BCUT2D eigenvalue weighted by molar-refractivity contribution is -0.142. The van der Waals surface area contributed by atoms with E-state index in [1.165, 1.54) is 13.2 Å². The molecule has 5 rings (SSSR count). The number of carbonyl (C=O) groups is 1. The van der Waals surface area contributed by atoms with Gasteiger partial charge in [-0.05, 0) is 61.9 Å². The molecular formula is C27H21Cl2F3N6O2. The van der Waals surface area contributed by atoms with Crippen LogP contribution in [0.1, 0.15) is 33.1 Å². The van der Waals surface area contributed by atoms with Crippen LogP contribution in [0, 0.1) is 13.8 Å². The molecular weight excluding hydrogens is 568 g/mol. The number of fused-ring (bicyclic) bond motifs is 1. The van der Waals surface area contributed by atoms with Crippen molar-refractivity contribution in [3.8, 4) is 17.0 Å². The van der Waals surface area contributed by atoms with Gasteiger partial charge < -0.3 is 10.1 Å². The van der Waals surface area contributed by atoms with Crippen LogP contribution in [0.15, 0.2) is 54.6 Å². The zero-order valence-electron chi connectivity index (χ0n) is 21.3. The first-order valence-corrected chi connectivity index (χ1v) is 12.6. The minimum atomic E-state index is -4.75. The van der Waals surface area contributed by atoms with Crippen LogP contribution in [0.3, 0.4) is 0 Å². The van der Waals surface area contributed by atoms with Crippen LogP contribution in [0.25, 0.3) is 16.9 Å². The Bertz CT molecular complexity index is 1750. The summed E-state index contributed by atoms with van der Waals surface area (Å²) in [7, 11) is 1.49. The molecule has 8 nitrogen and oxygen atoms in total. The molecule has 1 amide bonds. The molecule has 3 aromatic heterocycles. The number of amides is 1. The van der Waals surface area contributed by atoms with Gasteiger partial charge in [-0.1, -0.05) is 29.3 Å². The van der Waals surface area contributed by atoms with Crippen molar-refractivity contribution in [1.29, 1.82) is 0 Å². The van der Waals surface area contributed by atoms with Gasteiger partial charge >= 0.3 is 6.18 Å². The largest absolute Gasteiger partial charge is 0.497 e. The number of methoxy groups -OCH3 is 1. The van der Waals surface area contributed by atoms with E-state index in [1.807, 2.05) is 6.07 Å². The average Bonchev–Trinajstić information content (AvgIpc) is 3.46. The maximum absolute atomic E-state index is 14.0. The highest BCUT2D eigenvalue weighted by Crippen LogP contribution is 2.33. The molecule has 0 saturated carbocycles. The van der Waals surface area contributed by atoms with Crippen LogP contribution >= 0.6 is 23.2 Å². The highest BCUT2D eigenvalue weighted by Gasteiger charge is 2.36. The summed E-state index contributed by atoms with van der Waals surface area (Å²) in [5, 5.41) is 12.0. The SMILES string of the molecule is COc1ccc(-c2cc(C(F)(F)F)n3nc(C(=O)Nc4c(C)nn(Cc5ccc(Cl)c(Cl)c5)c4C)cc3n2)cc1. The number of alkyl halides is 3. The van der Waals surface area contributed by atoms with E-state index in [0.29, 0.717) is 49.5 Å². The molecule has 0 spiro atoms. The van der Waals surface area contributed by atoms with Crippen molar-refractivity contribution >= 4 is 40.4 Å². The Hall–Kier alpha value is -4.09. The van der Waals surface area contributed by atoms with E-state index < -0.39 is 17.8 Å². The molecule has 5 aromatic rings. The number of rotatable bonds is 6. The zero-order valence-corrected chi connectivity index (χ0v) is 22.9. The summed E-state index contributed by atoms with van der Waals surface area (Å²) in [5.41, 5.74) is 1.51. The number of nitrogens with one attached hydrogen (secondary N) is 1. The van der Waals surface area contributed by atoms with Gasteiger partial charge in [-0.25, -0.2) is 9.50 Å². The Morgan fingerprint density at radius 1 is 1.00 bits per heavy atom. The summed E-state index contributed by atoms with van der Waals surface area (Å²) in [5.74, 6) is -0.153. The standard InChI is InChI=1S/C27H21Cl2F3N6O2/c1-14-25(15(2)37(35-14)13-16-4-9-19(28)20(29)10-16)34-26(39)22-12-24-33-21(17-5-7-18(40-3)8-6-17)11-23(27(30,31)32)38(24)36-22/h4-12H,13H2,1-3H3,(H,34,39). The van der Waals surface area contributed by atoms with Crippen LogP contribution in [0.4, 0.5) is 18.9 Å². The van der Waals surface area contributed by atoms with Gasteiger partial charge in [-0.15, -0.1) is 0 Å². The van der Waals surface area contributed by atoms with Gasteiger partial charge in [0.1, 0.15) is 5.75 Å². The van der Waals surface area contributed by atoms with Gasteiger partial charge in [0, 0.05) is 11.6 Å². The predicted octanol–water partition coefficient (Wildman–Crippen LogP) is 6.84. The Morgan fingerprint density at radius 2 is 1.73 bits per heavy atom. The van der Waals surface area contributed by atoms with Crippen LogP contribution < -0.4 is 10.1 Å². The van der Waals surface area contributed by atoms with E-state index in [2.05, 4.69) is 20.5 Å². The quantitative estimate of drug-likeness (QED) is 0.234. The van der Waals surface area contributed by atoms with Crippen LogP contribution in [0.5, 0.6) is 5.75 Å². The number of hydrogen-bond acceptors (Lipinski definition) is 5. The fourth-order valence-corrected chi connectivity index (χ4v) is 4.54. The van der Waals surface area contributed by atoms with Gasteiger partial charge in [0.25, 0.3) is 5.91 Å². The molecule has 0 aliphatic heterocycles. The van der Waals surface area contributed by atoms with E-state index in [-0.39, 0.29) is 17.0 Å². The minimum Gasteiger partial charge on any atom is -0.497 e. The van der Waals surface area contributed by atoms with E-state index in [9.17, 15) is 18.0 Å². The van der Waals surface area contributed by atoms with Crippen molar-refractivity contribution in [2.75, 3.05) is 12.4 Å². The number of benzene rings is 2. The van der Waals surface area contributed by atoms with Gasteiger partial charge in [0.05, 0.1) is 46.5 Å². The number of aromatic nitrogens is 5. The first kappa shape index (κ1) is 27.5. The van der Waals surface area contributed by atoms with E-state index >= 15 is 0 Å². The molecule has 0 bridgehead atoms. The lowest BCUT2D eigenvalue weighted by Crippen LogP contribution is -2.16. The fraction of sp³-hybridized carbons (Fsp3) is 0.185. The van der Waals surface area contributed by atoms with Gasteiger partial charge in [-0.3, -0.25) is 9.48 Å². The number of aryl methyl sites for hydroxylation is 1. The van der Waals surface area contributed by atoms with Crippen molar-refractivity contribution in [3.63, 3.8) is 0 Å². The first-order chi connectivity index (χ1) is 18.9. The summed E-state index contributed by atoms with van der Waals surface area (Å²) in [6.07, 6.45) is -4.75. The molecule has 1 N–H and O–H groups in total. The third-order valence-corrected chi connectivity index (χ3v) is 7.01. The van der Waals surface area contributed by atoms with Crippen molar-refractivity contribution in [3.05, 3.63) is 93.0 Å². The predicted molar refractivity (Wildman–Crippen MR) is 145 cm³/mol. The monoisotopic (exact) mass is 588 g/mol. The molecule has 40 heavy (non-hydrogen) atoms. The normalized spacial score (nSPS) is 11.7. The summed E-state index contributed by atoms with van der Waals surface area (Å²) in [4.78, 5) is 17.5. The number of hydrogen-bond donors (Lipinski definition) is 1. The molecule has 0 unspecified atom stereocenters. The molecule has 0 atom stereocenters. The zero-order chi connectivity index (χ0) is 28.8. The summed E-state index contributed by atoms with van der Waals surface area (Å²) >= 11 is 12.1. The van der Waals surface area contributed by atoms with Crippen LogP contribution in [-0.2, 0) is 12.7 Å². The molecule has 0 saturated heterocycles. The molecule has 206 valence electrons. The Labute approximate surface area is 236 Å². The molecule has 0 fully saturated rings. The van der Waals surface area contributed by atoms with E-state index in [4.69, 9.17) is 27.9 Å². The number of nitrogens with zero attached hydrogens (tertiary/aromatic N) is 5. The minimum absolute atomic E-state index is 0.0737. The van der Waals surface area contributed by atoms with Crippen molar-refractivity contribution in [1.82, 2.24) is 24.4 Å². The van der Waals surface area contributed by atoms with Gasteiger partial charge in [-0.2, -0.15) is 23.4 Å². The third-order valence-electron chi connectivity index (χ3n) is 6.27. The highest BCUT2D eigenvalue weighted by molar-refractivity contribution is 6.42. The first-order valence-electron chi connectivity index (χ1n) is 11.9. The van der Waals surface area contributed by atoms with Gasteiger partial charge in [0.15, 0.2) is 17.0 Å². The smallest absolute Gasteiger partial charge is 0.433 e. The summed E-state index contributed by atoms with van der Waals surface area (Å²) in [6, 6.07) is 13.8. The topological polar surface area (TPSA) is 86.3 Å². The lowest BCUT2D eigenvalue weighted by atomic mass is 10.1. The van der Waals surface area contributed by atoms with Crippen molar-refractivity contribution in [2.45, 2.75) is 26.6 Å². The Kier molecular flexibility index (Phi) is 7.19. The fourth-order valence-electron chi connectivity index (χ4n) is 4.22. The summed E-state index contributed by atoms with van der Waals surface area (Å²) in [6.45, 7) is 3.84. The number of anilines is 1. The molecule has 0 aliphatic carbocycles. The van der Waals surface area contributed by atoms with Crippen molar-refractivity contribution in [2.24, 2.45) is 0 Å². The number of carbonyl (C=O) groups excluding carboxylic acids is 1. The van der Waals surface area contributed by atoms with Crippen LogP contribution in [-0.4, -0.2) is 37.4 Å². The highest BCUT2D eigenvalue weighted by atomic mass is 35.5. The molecule has 0 aliphatic rings. The maximum Gasteiger partial charge on any atom is 0.433 e. The molecule has 13 heteroatoms. The van der Waals surface area contributed by atoms with Gasteiger partial charge in [0.2, 0.25) is 0 Å². The van der Waals surface area contributed by atoms with E-state index in [1.54, 1.807) is 54.9 Å². The number of ether oxygens (including phenoxy) is 1. The molecule has 3 heterocycles. The molecule has 0 radical (unpaired) electrons. The van der Waals surface area contributed by atoms with E-state index in [0.717, 1.165) is 11.6 Å². The second-order valence-electron chi connectivity index (χ2n) is 8.96. The number of halogens is 5. The maximum atomic E-state index is 14.0. The second-order valence-corrected chi connectivity index (χ2v) is 9.77. The Morgan fingerprint density at radius 3 is 2.38 bits per heavy atom. The lowest BCUT2D eigenvalue weighted by Gasteiger charge is -2.11. The Balaban J connectivity index is 1.46. The van der Waals surface area contributed by atoms with Crippen LogP contribution in [0.2, 0.25) is 10.0 Å². The third kappa shape index (κ3) is 5.34. The summed E-state index contributed by atoms with van der Waals surface area (Å²) < 4.78 is 49.4. The van der Waals surface area contributed by atoms with Crippen molar-refractivity contribution < 1.29 is 22.7 Å². The average molecular weight is 589 g/mol. The second kappa shape index (κ2) is 10.5. The molecule has 2 aromatic carbocycles.